The molecule has 1 unspecified atom stereocenters. The van der Waals surface area contributed by atoms with E-state index in [4.69, 9.17) is 0 Å². The second kappa shape index (κ2) is 9.22. The molecule has 2 aromatic carbocycles. The Kier molecular flexibility index (Phi) is 5.92. The number of urea groups is 1. The molecule has 0 spiro atoms. The Bertz CT molecular complexity index is 1380. The summed E-state index contributed by atoms with van der Waals surface area (Å²) >= 11 is 3.56. The molecule has 0 saturated heterocycles. The Labute approximate surface area is 214 Å². The van der Waals surface area contributed by atoms with Gasteiger partial charge in [-0.1, -0.05) is 36.4 Å². The van der Waals surface area contributed by atoms with Gasteiger partial charge < -0.3 is 19.7 Å². The van der Waals surface area contributed by atoms with E-state index in [1.807, 2.05) is 46.8 Å². The van der Waals surface area contributed by atoms with E-state index in [0.29, 0.717) is 6.54 Å². The highest BCUT2D eigenvalue weighted by molar-refractivity contribution is 7.98. The third kappa shape index (κ3) is 4.07. The number of thiophene rings is 1. The standard InChI is InChI=1S/C28H28N4OS2/c1-30-15-13-22-23-17-32(28(33)29-20-10-6-11-21(16-20)34-2)26(19-8-4-3-5-9-19)24-12-7-14-31(24)27(23)35-25(22)18-30/h3-12,14,16,26H,13,15,17-18H2,1-2H3,(H,29,33). The van der Waals surface area contributed by atoms with Gasteiger partial charge in [0.25, 0.3) is 0 Å². The highest BCUT2D eigenvalue weighted by Crippen LogP contribution is 2.43. The van der Waals surface area contributed by atoms with Crippen molar-refractivity contribution in [1.82, 2.24) is 14.4 Å². The highest BCUT2D eigenvalue weighted by Gasteiger charge is 2.36. The number of hydrogen-bond acceptors (Lipinski definition) is 4. The molecule has 7 heteroatoms. The molecule has 4 aromatic rings. The van der Waals surface area contributed by atoms with Gasteiger partial charge in [0.2, 0.25) is 0 Å². The van der Waals surface area contributed by atoms with Crippen molar-refractivity contribution in [3.8, 4) is 5.00 Å². The Balaban J connectivity index is 1.47. The van der Waals surface area contributed by atoms with Gasteiger partial charge >= 0.3 is 6.03 Å². The SMILES string of the molecule is CSc1cccc(NC(=O)N2Cc3c(sc4c3CCN(C)C4)-n3cccc3C2c2ccccc2)c1. The lowest BCUT2D eigenvalue weighted by Crippen LogP contribution is -2.38. The van der Waals surface area contributed by atoms with Crippen LogP contribution in [-0.4, -0.2) is 40.2 Å². The highest BCUT2D eigenvalue weighted by atomic mass is 32.2. The number of carbonyl (C=O) groups excluding carboxylic acids is 1. The Morgan fingerprint density at radius 2 is 1.89 bits per heavy atom. The first-order valence-electron chi connectivity index (χ1n) is 11.9. The molecule has 1 atom stereocenters. The molecule has 0 fully saturated rings. The van der Waals surface area contributed by atoms with Gasteiger partial charge in [-0.15, -0.1) is 23.1 Å². The van der Waals surface area contributed by atoms with E-state index in [1.54, 1.807) is 11.8 Å². The number of amides is 2. The number of hydrogen-bond donors (Lipinski definition) is 1. The summed E-state index contributed by atoms with van der Waals surface area (Å²) in [4.78, 5) is 20.9. The second-order valence-corrected chi connectivity index (χ2v) is 11.1. The van der Waals surface area contributed by atoms with Gasteiger partial charge in [0.15, 0.2) is 0 Å². The zero-order valence-corrected chi connectivity index (χ0v) is 21.5. The van der Waals surface area contributed by atoms with Crippen LogP contribution in [0.4, 0.5) is 10.5 Å². The monoisotopic (exact) mass is 500 g/mol. The van der Waals surface area contributed by atoms with E-state index in [9.17, 15) is 4.79 Å². The van der Waals surface area contributed by atoms with Crippen molar-refractivity contribution in [2.75, 3.05) is 25.2 Å². The lowest BCUT2D eigenvalue weighted by molar-refractivity contribution is 0.194. The maximum atomic E-state index is 14.0. The predicted molar refractivity (Wildman–Crippen MR) is 145 cm³/mol. The van der Waals surface area contributed by atoms with Crippen LogP contribution in [0.1, 0.15) is 33.3 Å². The Morgan fingerprint density at radius 1 is 1.03 bits per heavy atom. The third-order valence-corrected chi connectivity index (χ3v) is 8.94. The quantitative estimate of drug-likeness (QED) is 0.332. The number of nitrogens with zero attached hydrogens (tertiary/aromatic N) is 3. The largest absolute Gasteiger partial charge is 0.322 e. The summed E-state index contributed by atoms with van der Waals surface area (Å²) in [5.41, 5.74) is 5.78. The average Bonchev–Trinajstić information content (AvgIpc) is 3.46. The number of thioether (sulfide) groups is 1. The number of rotatable bonds is 3. The van der Waals surface area contributed by atoms with Crippen LogP contribution in [-0.2, 0) is 19.5 Å². The minimum atomic E-state index is -0.184. The van der Waals surface area contributed by atoms with E-state index >= 15 is 0 Å². The average molecular weight is 501 g/mol. The van der Waals surface area contributed by atoms with Gasteiger partial charge in [0.1, 0.15) is 5.00 Å². The van der Waals surface area contributed by atoms with E-state index in [-0.39, 0.29) is 12.1 Å². The van der Waals surface area contributed by atoms with Crippen molar-refractivity contribution in [1.29, 1.82) is 0 Å². The van der Waals surface area contributed by atoms with Gasteiger partial charge in [0.05, 0.1) is 18.3 Å². The predicted octanol–water partition coefficient (Wildman–Crippen LogP) is 6.39. The summed E-state index contributed by atoms with van der Waals surface area (Å²) in [6.45, 7) is 2.60. The zero-order valence-electron chi connectivity index (χ0n) is 19.9. The number of nitrogens with one attached hydrogen (secondary N) is 1. The number of aromatic nitrogens is 1. The summed E-state index contributed by atoms with van der Waals surface area (Å²) in [6.07, 6.45) is 5.22. The zero-order chi connectivity index (χ0) is 23.9. The van der Waals surface area contributed by atoms with Crippen molar-refractivity contribution in [3.63, 3.8) is 0 Å². The van der Waals surface area contributed by atoms with Crippen LogP contribution in [0.15, 0.2) is 77.8 Å². The van der Waals surface area contributed by atoms with Crippen molar-refractivity contribution in [2.45, 2.75) is 30.4 Å². The third-order valence-electron chi connectivity index (χ3n) is 6.95. The van der Waals surface area contributed by atoms with Crippen molar-refractivity contribution < 1.29 is 4.79 Å². The lowest BCUT2D eigenvalue weighted by Gasteiger charge is -2.32. The van der Waals surface area contributed by atoms with Crippen LogP contribution >= 0.6 is 23.1 Å². The van der Waals surface area contributed by atoms with Crippen LogP contribution in [0.3, 0.4) is 0 Å². The van der Waals surface area contributed by atoms with Gasteiger partial charge in [-0.05, 0) is 61.2 Å². The Hall–Kier alpha value is -3.00. The molecule has 5 nitrogen and oxygen atoms in total. The van der Waals surface area contributed by atoms with Crippen LogP contribution in [0.5, 0.6) is 0 Å². The smallest absolute Gasteiger partial charge is 0.310 e. The van der Waals surface area contributed by atoms with Crippen LogP contribution in [0.25, 0.3) is 5.00 Å². The molecule has 0 radical (unpaired) electrons. The van der Waals surface area contributed by atoms with E-state index < -0.39 is 0 Å². The summed E-state index contributed by atoms with van der Waals surface area (Å²) in [5.74, 6) is 0. The van der Waals surface area contributed by atoms with Crippen molar-refractivity contribution >= 4 is 34.8 Å². The van der Waals surface area contributed by atoms with Crippen molar-refractivity contribution in [2.24, 2.45) is 0 Å². The molecular weight excluding hydrogens is 472 g/mol. The molecular formula is C28H28N4OS2. The molecule has 0 saturated carbocycles. The minimum Gasteiger partial charge on any atom is -0.310 e. The fourth-order valence-corrected chi connectivity index (χ4v) is 7.14. The summed E-state index contributed by atoms with van der Waals surface area (Å²) < 4.78 is 2.32. The summed E-state index contributed by atoms with van der Waals surface area (Å²) in [5, 5.41) is 4.46. The van der Waals surface area contributed by atoms with E-state index in [2.05, 4.69) is 70.5 Å². The number of fused-ring (bicyclic) bond motifs is 5. The molecule has 178 valence electrons. The molecule has 2 amide bonds. The van der Waals surface area contributed by atoms with Crippen molar-refractivity contribution in [3.05, 3.63) is 100 Å². The fourth-order valence-electron chi connectivity index (χ4n) is 5.23. The number of anilines is 1. The second-order valence-electron chi connectivity index (χ2n) is 9.18. The molecule has 35 heavy (non-hydrogen) atoms. The number of likely N-dealkylation sites (N-methyl/N-ethyl adjacent to an activating group) is 1. The maximum absolute atomic E-state index is 14.0. The Morgan fingerprint density at radius 3 is 2.71 bits per heavy atom. The van der Waals surface area contributed by atoms with Crippen LogP contribution in [0.2, 0.25) is 0 Å². The van der Waals surface area contributed by atoms with Gasteiger partial charge in [-0.2, -0.15) is 0 Å². The summed E-state index contributed by atoms with van der Waals surface area (Å²) in [6, 6.07) is 22.4. The molecule has 0 bridgehead atoms. The van der Waals surface area contributed by atoms with Crippen LogP contribution in [0, 0.1) is 0 Å². The normalized spacial score (nSPS) is 17.3. The van der Waals surface area contributed by atoms with Gasteiger partial charge in [0, 0.05) is 40.3 Å². The van der Waals surface area contributed by atoms with E-state index in [1.165, 1.54) is 21.0 Å². The molecule has 4 heterocycles. The number of carbonyl (C=O) groups is 1. The first kappa shape index (κ1) is 22.5. The molecule has 6 rings (SSSR count). The molecule has 2 aromatic heterocycles. The maximum Gasteiger partial charge on any atom is 0.322 e. The molecule has 2 aliphatic rings. The first-order valence-corrected chi connectivity index (χ1v) is 13.9. The first-order chi connectivity index (χ1) is 17.1. The topological polar surface area (TPSA) is 40.5 Å². The van der Waals surface area contributed by atoms with Gasteiger partial charge in [-0.25, -0.2) is 4.79 Å². The minimum absolute atomic E-state index is 0.0782. The molecule has 1 N–H and O–H groups in total. The van der Waals surface area contributed by atoms with E-state index in [0.717, 1.165) is 41.4 Å². The molecule has 0 aliphatic carbocycles. The fraction of sp³-hybridized carbons (Fsp3) is 0.250. The molecule has 2 aliphatic heterocycles. The van der Waals surface area contributed by atoms with Gasteiger partial charge in [-0.3, -0.25) is 0 Å². The number of benzene rings is 2. The summed E-state index contributed by atoms with van der Waals surface area (Å²) in [7, 11) is 2.18. The van der Waals surface area contributed by atoms with Crippen LogP contribution < -0.4 is 5.32 Å². The lowest BCUT2D eigenvalue weighted by atomic mass is 10.0.